The summed E-state index contributed by atoms with van der Waals surface area (Å²) in [6.45, 7) is 2.49. The van der Waals surface area contributed by atoms with Crippen molar-refractivity contribution in [3.05, 3.63) is 82.8 Å². The second-order valence-corrected chi connectivity index (χ2v) is 8.92. The minimum Gasteiger partial charge on any atom is -0.494 e. The fourth-order valence-corrected chi connectivity index (χ4v) is 4.21. The molecule has 0 fully saturated rings. The molecule has 4 aromatic rings. The van der Waals surface area contributed by atoms with E-state index in [0.29, 0.717) is 22.1 Å². The standard InChI is InChI=1S/C24H20BrFN6O2S/c1-2-34-20-8-6-19(7-9-20)32-23(16-4-3-11-27-13-16)30-31-24(32)35-15-22(33)29-28-14-17-12-18(25)5-10-21(17)26/h3-14H,2,15H2,1H3,(H,29,33)/b28-14-. The van der Waals surface area contributed by atoms with E-state index in [1.54, 1.807) is 24.5 Å². The molecule has 0 saturated heterocycles. The van der Waals surface area contributed by atoms with Gasteiger partial charge in [-0.25, -0.2) is 9.82 Å². The Morgan fingerprint density at radius 2 is 2.06 bits per heavy atom. The monoisotopic (exact) mass is 554 g/mol. The molecule has 0 atom stereocenters. The molecule has 35 heavy (non-hydrogen) atoms. The number of nitrogens with one attached hydrogen (secondary N) is 1. The zero-order chi connectivity index (χ0) is 24.6. The van der Waals surface area contributed by atoms with Gasteiger partial charge >= 0.3 is 0 Å². The Bertz CT molecular complexity index is 1330. The third-order valence-electron chi connectivity index (χ3n) is 4.64. The number of ether oxygens (including phenoxy) is 1. The fourth-order valence-electron chi connectivity index (χ4n) is 3.09. The van der Waals surface area contributed by atoms with Gasteiger partial charge in [-0.05, 0) is 61.5 Å². The van der Waals surface area contributed by atoms with Crippen molar-refractivity contribution in [2.75, 3.05) is 12.4 Å². The second kappa shape index (κ2) is 11.7. The Kier molecular flexibility index (Phi) is 8.22. The molecule has 0 bridgehead atoms. The first kappa shape index (κ1) is 24.6. The first-order valence-electron chi connectivity index (χ1n) is 10.5. The highest BCUT2D eigenvalue weighted by Gasteiger charge is 2.17. The molecule has 2 heterocycles. The number of amides is 1. The quantitative estimate of drug-likeness (QED) is 0.180. The summed E-state index contributed by atoms with van der Waals surface area (Å²) in [4.78, 5) is 16.5. The zero-order valence-electron chi connectivity index (χ0n) is 18.6. The van der Waals surface area contributed by atoms with Crippen LogP contribution in [0.5, 0.6) is 5.75 Å². The van der Waals surface area contributed by atoms with Crippen LogP contribution in [-0.4, -0.2) is 44.2 Å². The molecule has 0 aliphatic rings. The highest BCUT2D eigenvalue weighted by Crippen LogP contribution is 2.28. The van der Waals surface area contributed by atoms with Crippen LogP contribution in [0.1, 0.15) is 12.5 Å². The van der Waals surface area contributed by atoms with Gasteiger partial charge in [0.2, 0.25) is 0 Å². The van der Waals surface area contributed by atoms with E-state index in [9.17, 15) is 9.18 Å². The largest absolute Gasteiger partial charge is 0.494 e. The summed E-state index contributed by atoms with van der Waals surface area (Å²) in [5.74, 6) is 0.562. The molecular weight excluding hydrogens is 535 g/mol. The molecule has 1 amide bonds. The van der Waals surface area contributed by atoms with Gasteiger partial charge in [0.05, 0.1) is 18.6 Å². The minimum absolute atomic E-state index is 0.0283. The summed E-state index contributed by atoms with van der Waals surface area (Å²) in [7, 11) is 0. The molecule has 11 heteroatoms. The molecule has 0 aliphatic heterocycles. The van der Waals surface area contributed by atoms with Crippen LogP contribution in [0.2, 0.25) is 0 Å². The van der Waals surface area contributed by atoms with Crippen molar-refractivity contribution in [2.24, 2.45) is 5.10 Å². The molecule has 0 unspecified atom stereocenters. The lowest BCUT2D eigenvalue weighted by Gasteiger charge is -2.11. The number of carbonyl (C=O) groups is 1. The summed E-state index contributed by atoms with van der Waals surface area (Å²) < 4.78 is 21.9. The van der Waals surface area contributed by atoms with Crippen LogP contribution in [0.25, 0.3) is 17.1 Å². The van der Waals surface area contributed by atoms with Crippen LogP contribution in [0, 0.1) is 5.82 Å². The smallest absolute Gasteiger partial charge is 0.250 e. The van der Waals surface area contributed by atoms with Crippen molar-refractivity contribution < 1.29 is 13.9 Å². The zero-order valence-corrected chi connectivity index (χ0v) is 21.0. The summed E-state index contributed by atoms with van der Waals surface area (Å²) in [6, 6.07) is 15.7. The van der Waals surface area contributed by atoms with E-state index < -0.39 is 5.82 Å². The van der Waals surface area contributed by atoms with E-state index in [0.717, 1.165) is 17.0 Å². The molecule has 2 aromatic carbocycles. The molecule has 178 valence electrons. The number of nitrogens with zero attached hydrogens (tertiary/aromatic N) is 5. The molecule has 0 radical (unpaired) electrons. The average Bonchev–Trinajstić information content (AvgIpc) is 3.30. The number of halogens is 2. The maximum absolute atomic E-state index is 13.8. The van der Waals surface area contributed by atoms with Gasteiger partial charge in [-0.1, -0.05) is 27.7 Å². The lowest BCUT2D eigenvalue weighted by molar-refractivity contribution is -0.118. The van der Waals surface area contributed by atoms with E-state index in [-0.39, 0.29) is 17.2 Å². The molecule has 8 nitrogen and oxygen atoms in total. The number of hydrazone groups is 1. The van der Waals surface area contributed by atoms with E-state index in [2.05, 4.69) is 41.6 Å². The predicted octanol–water partition coefficient (Wildman–Crippen LogP) is 4.87. The molecule has 0 saturated carbocycles. The number of rotatable bonds is 9. The number of aromatic nitrogens is 4. The summed E-state index contributed by atoms with van der Waals surface area (Å²) in [6.07, 6.45) is 4.64. The fraction of sp³-hybridized carbons (Fsp3) is 0.125. The molecule has 0 aliphatic carbocycles. The van der Waals surface area contributed by atoms with E-state index in [1.165, 1.54) is 24.0 Å². The highest BCUT2D eigenvalue weighted by molar-refractivity contribution is 9.10. The number of hydrogen-bond donors (Lipinski definition) is 1. The minimum atomic E-state index is -0.438. The van der Waals surface area contributed by atoms with Gasteiger partial charge in [0.25, 0.3) is 5.91 Å². The third-order valence-corrected chi connectivity index (χ3v) is 6.06. The van der Waals surface area contributed by atoms with Crippen molar-refractivity contribution in [1.82, 2.24) is 25.2 Å². The maximum atomic E-state index is 13.8. The Morgan fingerprint density at radius 3 is 2.80 bits per heavy atom. The summed E-state index contributed by atoms with van der Waals surface area (Å²) in [5, 5.41) is 13.0. The Morgan fingerprint density at radius 1 is 1.23 bits per heavy atom. The van der Waals surface area contributed by atoms with Gasteiger partial charge in [-0.3, -0.25) is 14.3 Å². The van der Waals surface area contributed by atoms with Crippen molar-refractivity contribution in [3.63, 3.8) is 0 Å². The topological polar surface area (TPSA) is 94.3 Å². The Labute approximate surface area is 213 Å². The molecule has 1 N–H and O–H groups in total. The lowest BCUT2D eigenvalue weighted by atomic mass is 10.2. The van der Waals surface area contributed by atoms with Crippen LogP contribution in [0.3, 0.4) is 0 Å². The van der Waals surface area contributed by atoms with Crippen molar-refractivity contribution >= 4 is 39.8 Å². The van der Waals surface area contributed by atoms with Gasteiger partial charge in [-0.15, -0.1) is 10.2 Å². The van der Waals surface area contributed by atoms with Crippen LogP contribution >= 0.6 is 27.7 Å². The number of carbonyl (C=O) groups excluding carboxylic acids is 1. The van der Waals surface area contributed by atoms with Gasteiger partial charge in [0.15, 0.2) is 11.0 Å². The number of pyridine rings is 1. The van der Waals surface area contributed by atoms with Crippen LogP contribution in [-0.2, 0) is 4.79 Å². The van der Waals surface area contributed by atoms with E-state index in [4.69, 9.17) is 4.74 Å². The molecule has 0 spiro atoms. The van der Waals surface area contributed by atoms with Gasteiger partial charge in [-0.2, -0.15) is 5.10 Å². The Balaban J connectivity index is 1.51. The van der Waals surface area contributed by atoms with Crippen LogP contribution in [0.4, 0.5) is 4.39 Å². The summed E-state index contributed by atoms with van der Waals surface area (Å²) >= 11 is 4.48. The lowest BCUT2D eigenvalue weighted by Crippen LogP contribution is -2.20. The normalized spacial score (nSPS) is 11.1. The van der Waals surface area contributed by atoms with Crippen molar-refractivity contribution in [1.29, 1.82) is 0 Å². The average molecular weight is 555 g/mol. The van der Waals surface area contributed by atoms with Gasteiger partial charge < -0.3 is 4.74 Å². The maximum Gasteiger partial charge on any atom is 0.250 e. The second-order valence-electron chi connectivity index (χ2n) is 7.06. The van der Waals surface area contributed by atoms with Gasteiger partial charge in [0, 0.05) is 33.7 Å². The van der Waals surface area contributed by atoms with E-state index >= 15 is 0 Å². The first-order chi connectivity index (χ1) is 17.0. The number of benzene rings is 2. The van der Waals surface area contributed by atoms with Crippen LogP contribution < -0.4 is 10.2 Å². The number of thioether (sulfide) groups is 1. The third kappa shape index (κ3) is 6.31. The summed E-state index contributed by atoms with van der Waals surface area (Å²) in [5.41, 5.74) is 4.26. The SMILES string of the molecule is CCOc1ccc(-n2c(SCC(=O)N/N=C\c3cc(Br)ccc3F)nnc2-c2cccnc2)cc1. The Hall–Kier alpha value is -3.57. The number of hydrogen-bond acceptors (Lipinski definition) is 7. The molecule has 2 aromatic heterocycles. The highest BCUT2D eigenvalue weighted by atomic mass is 79.9. The van der Waals surface area contributed by atoms with Crippen molar-refractivity contribution in [3.8, 4) is 22.8 Å². The van der Waals surface area contributed by atoms with Crippen LogP contribution in [0.15, 0.2) is 81.7 Å². The van der Waals surface area contributed by atoms with E-state index in [1.807, 2.05) is 47.9 Å². The predicted molar refractivity (Wildman–Crippen MR) is 136 cm³/mol. The molecule has 4 rings (SSSR count). The van der Waals surface area contributed by atoms with Crippen molar-refractivity contribution in [2.45, 2.75) is 12.1 Å². The van der Waals surface area contributed by atoms with Gasteiger partial charge in [0.1, 0.15) is 11.6 Å². The molecular formula is C24H20BrFN6O2S. The first-order valence-corrected chi connectivity index (χ1v) is 12.3.